The lowest BCUT2D eigenvalue weighted by molar-refractivity contribution is -0.120. The van der Waals surface area contributed by atoms with Crippen LogP contribution >= 0.6 is 0 Å². The number of likely N-dealkylation sites (N-methyl/N-ethyl adjacent to an activating group) is 1. The molecule has 4 heteroatoms. The molecule has 80 valence electrons. The molecule has 0 aromatic heterocycles. The quantitative estimate of drug-likeness (QED) is 0.630. The van der Waals surface area contributed by atoms with Gasteiger partial charge in [0.15, 0.2) is 0 Å². The molecule has 3 N–H and O–H groups in total. The molecule has 0 aliphatic carbocycles. The minimum atomic E-state index is -0.567. The molecule has 1 aromatic carbocycles. The summed E-state index contributed by atoms with van der Waals surface area (Å²) in [6.45, 7) is 3.75. The lowest BCUT2D eigenvalue weighted by Crippen LogP contribution is -2.54. The van der Waals surface area contributed by atoms with E-state index in [1.807, 2.05) is 44.0 Å². The van der Waals surface area contributed by atoms with Crippen molar-refractivity contribution >= 4 is 23.0 Å². The number of rotatable bonds is 0. The van der Waals surface area contributed by atoms with Gasteiger partial charge in [-0.15, -0.1) is 0 Å². The molecule has 4 nitrogen and oxygen atoms in total. The van der Waals surface area contributed by atoms with Crippen molar-refractivity contribution in [3.63, 3.8) is 0 Å². The van der Waals surface area contributed by atoms with Crippen molar-refractivity contribution in [3.8, 4) is 0 Å². The summed E-state index contributed by atoms with van der Waals surface area (Å²) >= 11 is 0. The standard InChI is InChI=1S/C11H15N3O/c1-11(2)10(15)13-8-6-4-5-7(12)9(8)14(11)3/h4-6H,12H2,1-3H3,(H,13,15). The highest BCUT2D eigenvalue weighted by molar-refractivity contribution is 6.08. The molecular weight excluding hydrogens is 190 g/mol. The average molecular weight is 205 g/mol. The van der Waals surface area contributed by atoms with Crippen LogP contribution in [0.1, 0.15) is 13.8 Å². The maximum Gasteiger partial charge on any atom is 0.249 e. The molecule has 0 fully saturated rings. The number of carbonyl (C=O) groups excluding carboxylic acids is 1. The second-order valence-corrected chi connectivity index (χ2v) is 4.32. The molecule has 1 aromatic rings. The van der Waals surface area contributed by atoms with E-state index in [0.29, 0.717) is 5.69 Å². The number of anilines is 3. The van der Waals surface area contributed by atoms with Crippen molar-refractivity contribution in [1.82, 2.24) is 0 Å². The van der Waals surface area contributed by atoms with Gasteiger partial charge in [-0.3, -0.25) is 4.79 Å². The summed E-state index contributed by atoms with van der Waals surface area (Å²) in [5.74, 6) is -0.0110. The molecule has 1 aliphatic rings. The third-order valence-corrected chi connectivity index (χ3v) is 3.05. The summed E-state index contributed by atoms with van der Waals surface area (Å²) in [6.07, 6.45) is 0. The van der Waals surface area contributed by atoms with Gasteiger partial charge in [0.1, 0.15) is 5.54 Å². The zero-order chi connectivity index (χ0) is 11.2. The Bertz CT molecular complexity index is 426. The lowest BCUT2D eigenvalue weighted by atomic mass is 9.97. The predicted molar refractivity (Wildman–Crippen MR) is 62.0 cm³/mol. The van der Waals surface area contributed by atoms with Gasteiger partial charge in [-0.1, -0.05) is 6.07 Å². The number of nitrogen functional groups attached to an aromatic ring is 1. The van der Waals surface area contributed by atoms with Crippen LogP contribution in [0.15, 0.2) is 18.2 Å². The molecule has 1 heterocycles. The van der Waals surface area contributed by atoms with Gasteiger partial charge in [0, 0.05) is 7.05 Å². The van der Waals surface area contributed by atoms with Gasteiger partial charge in [0.05, 0.1) is 17.1 Å². The number of amides is 1. The smallest absolute Gasteiger partial charge is 0.249 e. The summed E-state index contributed by atoms with van der Waals surface area (Å²) in [5.41, 5.74) is 7.69. The first-order chi connectivity index (χ1) is 6.94. The molecule has 0 unspecified atom stereocenters. The topological polar surface area (TPSA) is 58.4 Å². The van der Waals surface area contributed by atoms with Crippen LogP contribution in [0.5, 0.6) is 0 Å². The maximum atomic E-state index is 11.8. The number of para-hydroxylation sites is 1. The van der Waals surface area contributed by atoms with Gasteiger partial charge in [-0.25, -0.2) is 0 Å². The zero-order valence-electron chi connectivity index (χ0n) is 9.16. The molecule has 1 amide bonds. The molecule has 1 aliphatic heterocycles. The van der Waals surface area contributed by atoms with Gasteiger partial charge in [-0.05, 0) is 26.0 Å². The summed E-state index contributed by atoms with van der Waals surface area (Å²) in [6, 6.07) is 5.53. The molecule has 0 saturated heterocycles. The van der Waals surface area contributed by atoms with Crippen molar-refractivity contribution < 1.29 is 4.79 Å². The van der Waals surface area contributed by atoms with E-state index in [2.05, 4.69) is 5.32 Å². The van der Waals surface area contributed by atoms with Gasteiger partial charge < -0.3 is 16.0 Å². The van der Waals surface area contributed by atoms with Crippen LogP contribution in [0.4, 0.5) is 17.1 Å². The van der Waals surface area contributed by atoms with Crippen molar-refractivity contribution in [2.45, 2.75) is 19.4 Å². The molecule has 15 heavy (non-hydrogen) atoms. The first kappa shape index (κ1) is 9.83. The number of hydrogen-bond acceptors (Lipinski definition) is 3. The summed E-state index contributed by atoms with van der Waals surface area (Å²) in [5, 5.41) is 2.86. The Kier molecular flexibility index (Phi) is 1.89. The maximum absolute atomic E-state index is 11.8. The number of benzene rings is 1. The number of fused-ring (bicyclic) bond motifs is 1. The van der Waals surface area contributed by atoms with Crippen molar-refractivity contribution in [2.75, 3.05) is 23.0 Å². The average Bonchev–Trinajstić information content (AvgIpc) is 2.15. The Morgan fingerprint density at radius 3 is 2.73 bits per heavy atom. The van der Waals surface area contributed by atoms with Gasteiger partial charge in [-0.2, -0.15) is 0 Å². The Balaban J connectivity index is 2.62. The van der Waals surface area contributed by atoms with Crippen LogP contribution in [0.25, 0.3) is 0 Å². The van der Waals surface area contributed by atoms with Crippen molar-refractivity contribution in [2.24, 2.45) is 0 Å². The van der Waals surface area contributed by atoms with E-state index in [0.717, 1.165) is 11.4 Å². The molecule has 2 rings (SSSR count). The van der Waals surface area contributed by atoms with Crippen LogP contribution in [-0.4, -0.2) is 18.5 Å². The summed E-state index contributed by atoms with van der Waals surface area (Å²) < 4.78 is 0. The van der Waals surface area contributed by atoms with Crippen molar-refractivity contribution in [1.29, 1.82) is 0 Å². The van der Waals surface area contributed by atoms with Gasteiger partial charge in [0.25, 0.3) is 0 Å². The second-order valence-electron chi connectivity index (χ2n) is 4.32. The third-order valence-electron chi connectivity index (χ3n) is 3.05. The van der Waals surface area contributed by atoms with Crippen LogP contribution in [0, 0.1) is 0 Å². The number of carbonyl (C=O) groups is 1. The van der Waals surface area contributed by atoms with E-state index in [9.17, 15) is 4.79 Å². The predicted octanol–water partition coefficient (Wildman–Crippen LogP) is 1.44. The minimum Gasteiger partial charge on any atom is -0.397 e. The Hall–Kier alpha value is -1.71. The highest BCUT2D eigenvalue weighted by Crippen LogP contribution is 2.39. The Morgan fingerprint density at radius 2 is 2.07 bits per heavy atom. The summed E-state index contributed by atoms with van der Waals surface area (Å²) in [7, 11) is 1.88. The molecule has 0 atom stereocenters. The van der Waals surface area contributed by atoms with E-state index in [-0.39, 0.29) is 5.91 Å². The summed E-state index contributed by atoms with van der Waals surface area (Å²) in [4.78, 5) is 13.7. The minimum absolute atomic E-state index is 0.0110. The van der Waals surface area contributed by atoms with E-state index < -0.39 is 5.54 Å². The van der Waals surface area contributed by atoms with E-state index >= 15 is 0 Å². The fraction of sp³-hybridized carbons (Fsp3) is 0.364. The number of nitrogens with zero attached hydrogens (tertiary/aromatic N) is 1. The molecule has 0 spiro atoms. The van der Waals surface area contributed by atoms with Crippen LogP contribution in [-0.2, 0) is 4.79 Å². The second kappa shape index (κ2) is 2.89. The van der Waals surface area contributed by atoms with E-state index in [1.54, 1.807) is 0 Å². The fourth-order valence-electron chi connectivity index (χ4n) is 1.74. The SMILES string of the molecule is CN1c2c(N)cccc2NC(=O)C1(C)C. The van der Waals surface area contributed by atoms with Gasteiger partial charge in [0.2, 0.25) is 5.91 Å². The zero-order valence-corrected chi connectivity index (χ0v) is 9.16. The van der Waals surface area contributed by atoms with Crippen molar-refractivity contribution in [3.05, 3.63) is 18.2 Å². The Labute approximate surface area is 89.1 Å². The van der Waals surface area contributed by atoms with E-state index in [1.165, 1.54) is 0 Å². The van der Waals surface area contributed by atoms with Crippen LogP contribution < -0.4 is 16.0 Å². The monoisotopic (exact) mass is 205 g/mol. The third kappa shape index (κ3) is 1.25. The first-order valence-corrected chi connectivity index (χ1v) is 4.88. The fourth-order valence-corrected chi connectivity index (χ4v) is 1.74. The highest BCUT2D eigenvalue weighted by Gasteiger charge is 2.38. The molecule has 0 radical (unpaired) electrons. The molecule has 0 bridgehead atoms. The largest absolute Gasteiger partial charge is 0.397 e. The normalized spacial score (nSPS) is 18.3. The number of hydrogen-bond donors (Lipinski definition) is 2. The first-order valence-electron chi connectivity index (χ1n) is 4.88. The van der Waals surface area contributed by atoms with Crippen LogP contribution in [0.3, 0.4) is 0 Å². The Morgan fingerprint density at radius 1 is 1.40 bits per heavy atom. The molecular formula is C11H15N3O. The highest BCUT2D eigenvalue weighted by atomic mass is 16.2. The number of nitrogens with two attached hydrogens (primary N) is 1. The molecule has 0 saturated carbocycles. The number of nitrogens with one attached hydrogen (secondary N) is 1. The van der Waals surface area contributed by atoms with Crippen LogP contribution in [0.2, 0.25) is 0 Å². The lowest BCUT2D eigenvalue weighted by Gasteiger charge is -2.41. The van der Waals surface area contributed by atoms with E-state index in [4.69, 9.17) is 5.73 Å². The van der Waals surface area contributed by atoms with Gasteiger partial charge >= 0.3 is 0 Å².